The van der Waals surface area contributed by atoms with Crippen LogP contribution in [0.15, 0.2) is 76.8 Å². The summed E-state index contributed by atoms with van der Waals surface area (Å²) in [4.78, 5) is 35.6. The minimum atomic E-state index is -0.462. The second-order valence-electron chi connectivity index (χ2n) is 6.35. The van der Waals surface area contributed by atoms with Gasteiger partial charge >= 0.3 is 0 Å². The third-order valence-electron chi connectivity index (χ3n) is 4.69. The highest BCUT2D eigenvalue weighted by Gasteiger charge is 2.23. The molecule has 2 aromatic heterocycles. The van der Waals surface area contributed by atoms with Crippen molar-refractivity contribution in [1.29, 1.82) is 0 Å². The summed E-state index contributed by atoms with van der Waals surface area (Å²) in [7, 11) is 0. The molecule has 4 aromatic rings. The van der Waals surface area contributed by atoms with Crippen molar-refractivity contribution in [3.63, 3.8) is 0 Å². The Kier molecular flexibility index (Phi) is 4.61. The van der Waals surface area contributed by atoms with Gasteiger partial charge in [-0.3, -0.25) is 14.6 Å². The molecule has 2 heterocycles. The van der Waals surface area contributed by atoms with Crippen LogP contribution in [0, 0.1) is 0 Å². The summed E-state index contributed by atoms with van der Waals surface area (Å²) in [6, 6.07) is 13.6. The minimum Gasteiger partial charge on any atom is -0.352 e. The van der Waals surface area contributed by atoms with E-state index in [0.717, 1.165) is 17.1 Å². The average molecular weight is 358 g/mol. The van der Waals surface area contributed by atoms with Crippen molar-refractivity contribution in [3.8, 4) is 0 Å². The number of nitrogens with zero attached hydrogens (tertiary/aromatic N) is 2. The molecule has 1 unspecified atom stereocenters. The van der Waals surface area contributed by atoms with Crippen molar-refractivity contribution in [3.05, 3.63) is 105 Å². The molecule has 0 fully saturated rings. The van der Waals surface area contributed by atoms with Crippen molar-refractivity contribution in [2.24, 2.45) is 0 Å². The molecule has 2 aromatic carbocycles. The third-order valence-corrected chi connectivity index (χ3v) is 4.69. The van der Waals surface area contributed by atoms with Crippen molar-refractivity contribution in [1.82, 2.24) is 15.0 Å². The zero-order valence-electron chi connectivity index (χ0n) is 14.6. The van der Waals surface area contributed by atoms with E-state index in [1.54, 1.807) is 36.9 Å². The Morgan fingerprint density at radius 3 is 2.44 bits per heavy atom. The first-order valence-electron chi connectivity index (χ1n) is 8.77. The number of H-pyrrole nitrogens is 1. The Morgan fingerprint density at radius 1 is 0.963 bits per heavy atom. The lowest BCUT2D eigenvalue weighted by molar-refractivity contribution is 0.676. The van der Waals surface area contributed by atoms with Crippen molar-refractivity contribution >= 4 is 11.4 Å². The van der Waals surface area contributed by atoms with Crippen LogP contribution in [0.4, 0.5) is 11.4 Å². The topological polar surface area (TPSA) is 87.7 Å². The number of hydrogen-bond donors (Lipinski definition) is 2. The van der Waals surface area contributed by atoms with Crippen molar-refractivity contribution in [2.75, 3.05) is 5.32 Å². The normalized spacial score (nSPS) is 12.1. The fourth-order valence-corrected chi connectivity index (χ4v) is 3.29. The van der Waals surface area contributed by atoms with Gasteiger partial charge in [0.2, 0.25) is 10.9 Å². The van der Waals surface area contributed by atoms with E-state index < -0.39 is 10.9 Å². The lowest BCUT2D eigenvalue weighted by Gasteiger charge is -2.18. The van der Waals surface area contributed by atoms with Gasteiger partial charge in [0.25, 0.3) is 0 Å². The van der Waals surface area contributed by atoms with Crippen molar-refractivity contribution in [2.45, 2.75) is 18.8 Å². The van der Waals surface area contributed by atoms with E-state index >= 15 is 0 Å². The largest absolute Gasteiger partial charge is 0.352 e. The summed E-state index contributed by atoms with van der Waals surface area (Å²) in [5.74, 6) is 0.878. The van der Waals surface area contributed by atoms with Gasteiger partial charge in [0, 0.05) is 42.0 Å². The molecule has 6 heteroatoms. The summed E-state index contributed by atoms with van der Waals surface area (Å²) in [5.41, 5.74) is 1.93. The molecule has 0 aliphatic heterocycles. The molecule has 134 valence electrons. The van der Waals surface area contributed by atoms with Gasteiger partial charge in [-0.2, -0.15) is 0 Å². The predicted molar refractivity (Wildman–Crippen MR) is 104 cm³/mol. The van der Waals surface area contributed by atoms with E-state index in [-0.39, 0.29) is 5.92 Å². The zero-order chi connectivity index (χ0) is 18.6. The van der Waals surface area contributed by atoms with Crippen molar-refractivity contribution < 1.29 is 0 Å². The van der Waals surface area contributed by atoms with Gasteiger partial charge in [-0.05, 0) is 30.5 Å². The highest BCUT2D eigenvalue weighted by Crippen LogP contribution is 2.28. The number of rotatable bonds is 7. The number of hydrogen-bond acceptors (Lipinski definition) is 5. The maximum Gasteiger partial charge on any atom is 0.249 e. The monoisotopic (exact) mass is 358 g/mol. The van der Waals surface area contributed by atoms with Gasteiger partial charge in [-0.15, -0.1) is 0 Å². The van der Waals surface area contributed by atoms with Gasteiger partial charge in [0.15, 0.2) is 0 Å². The number of benzene rings is 1. The molecule has 0 bridgehead atoms. The Bertz CT molecular complexity index is 1080. The molecule has 6 nitrogen and oxygen atoms in total. The van der Waals surface area contributed by atoms with Gasteiger partial charge in [0.05, 0.1) is 5.69 Å². The van der Waals surface area contributed by atoms with Crippen LogP contribution in [0.2, 0.25) is 0 Å². The smallest absolute Gasteiger partial charge is 0.249 e. The van der Waals surface area contributed by atoms with Crippen LogP contribution in [0.5, 0.6) is 0 Å². The van der Waals surface area contributed by atoms with Crippen LogP contribution in [0.1, 0.15) is 29.3 Å². The molecule has 0 saturated heterocycles. The first-order chi connectivity index (χ1) is 13.2. The summed E-state index contributed by atoms with van der Waals surface area (Å²) in [6.45, 7) is 0. The maximum absolute atomic E-state index is 12.1. The highest BCUT2D eigenvalue weighted by atomic mass is 16.2. The second kappa shape index (κ2) is 7.37. The minimum absolute atomic E-state index is 0.0272. The van der Waals surface area contributed by atoms with Gasteiger partial charge < -0.3 is 10.3 Å². The van der Waals surface area contributed by atoms with E-state index in [4.69, 9.17) is 0 Å². The molecule has 2 N–H and O–H groups in total. The molecule has 0 aliphatic carbocycles. The molecule has 1 atom stereocenters. The molecule has 0 amide bonds. The fraction of sp³-hybridized carbons (Fsp3) is 0.143. The third kappa shape index (κ3) is 3.42. The molecule has 0 radical (unpaired) electrons. The molecule has 4 rings (SSSR count). The molecular weight excluding hydrogens is 340 g/mol. The average Bonchev–Trinajstić information content (AvgIpc) is 3.25. The number of pyridine rings is 1. The number of imidazole rings is 1. The van der Waals surface area contributed by atoms with Gasteiger partial charge in [0.1, 0.15) is 5.82 Å². The SMILES string of the molecule is O=c1c(CCC(c2ccccc2)c2ncc[nH]2)c(Nc2ccncc2)c1=O. The number of nitrogens with one attached hydrogen (secondary N) is 2. The summed E-state index contributed by atoms with van der Waals surface area (Å²) in [5, 5.41) is 3.05. The van der Waals surface area contributed by atoms with Crippen LogP contribution >= 0.6 is 0 Å². The molecule has 27 heavy (non-hydrogen) atoms. The first-order valence-corrected chi connectivity index (χ1v) is 8.77. The lowest BCUT2D eigenvalue weighted by atomic mass is 9.90. The van der Waals surface area contributed by atoms with Crippen LogP contribution in [0.3, 0.4) is 0 Å². The molecular formula is C21H18N4O2. The van der Waals surface area contributed by atoms with Crippen LogP contribution in [0.25, 0.3) is 0 Å². The van der Waals surface area contributed by atoms with E-state index in [2.05, 4.69) is 20.3 Å². The highest BCUT2D eigenvalue weighted by molar-refractivity contribution is 5.66. The standard InChI is InChI=1S/C21H18N4O2/c26-19-17(18(20(19)27)25-15-8-10-22-11-9-15)7-6-16(21-23-12-13-24-21)14-4-2-1-3-5-14/h1-5,8-13,16H,6-7H2,(H,22,25)(H,23,24). The van der Waals surface area contributed by atoms with Crippen LogP contribution in [-0.2, 0) is 6.42 Å². The molecule has 0 saturated carbocycles. The maximum atomic E-state index is 12.1. The second-order valence-corrected chi connectivity index (χ2v) is 6.35. The number of anilines is 2. The van der Waals surface area contributed by atoms with E-state index in [0.29, 0.717) is 24.1 Å². The number of aromatic nitrogens is 3. The molecule has 0 aliphatic rings. The van der Waals surface area contributed by atoms with E-state index in [9.17, 15) is 9.59 Å². The Hall–Kier alpha value is -3.54. The number of aromatic amines is 1. The molecule has 0 spiro atoms. The van der Waals surface area contributed by atoms with E-state index in [1.807, 2.05) is 30.3 Å². The summed E-state index contributed by atoms with van der Waals surface area (Å²) < 4.78 is 0. The van der Waals surface area contributed by atoms with Crippen LogP contribution < -0.4 is 16.2 Å². The van der Waals surface area contributed by atoms with E-state index in [1.165, 1.54) is 0 Å². The van der Waals surface area contributed by atoms with Gasteiger partial charge in [-0.25, -0.2) is 4.98 Å². The Labute approximate surface area is 155 Å². The Morgan fingerprint density at radius 2 is 1.74 bits per heavy atom. The van der Waals surface area contributed by atoms with Crippen LogP contribution in [-0.4, -0.2) is 15.0 Å². The lowest BCUT2D eigenvalue weighted by Crippen LogP contribution is -2.38. The first kappa shape index (κ1) is 16.9. The summed E-state index contributed by atoms with van der Waals surface area (Å²) in [6.07, 6.45) is 7.95. The predicted octanol–water partition coefficient (Wildman–Crippen LogP) is 2.91. The quantitative estimate of drug-likeness (QED) is 0.496. The zero-order valence-corrected chi connectivity index (χ0v) is 14.6. The fourth-order valence-electron chi connectivity index (χ4n) is 3.29. The van der Waals surface area contributed by atoms with Gasteiger partial charge in [-0.1, -0.05) is 30.3 Å². The summed E-state index contributed by atoms with van der Waals surface area (Å²) >= 11 is 0. The Balaban J connectivity index is 1.56.